The predicted molar refractivity (Wildman–Crippen MR) is 140 cm³/mol. The summed E-state index contributed by atoms with van der Waals surface area (Å²) in [5.41, 5.74) is 6.80. The predicted octanol–water partition coefficient (Wildman–Crippen LogP) is 4.04. The lowest BCUT2D eigenvalue weighted by atomic mass is 9.86. The van der Waals surface area contributed by atoms with Gasteiger partial charge >= 0.3 is 0 Å². The number of aromatic nitrogens is 3. The van der Waals surface area contributed by atoms with E-state index in [2.05, 4.69) is 93.9 Å². The summed E-state index contributed by atoms with van der Waals surface area (Å²) in [7, 11) is 0. The van der Waals surface area contributed by atoms with Crippen molar-refractivity contribution in [2.75, 3.05) is 0 Å². The first kappa shape index (κ1) is 25.0. The van der Waals surface area contributed by atoms with Crippen LogP contribution in [0.5, 0.6) is 5.88 Å². The second-order valence-electron chi connectivity index (χ2n) is 9.87. The van der Waals surface area contributed by atoms with E-state index in [0.29, 0.717) is 0 Å². The fourth-order valence-corrected chi connectivity index (χ4v) is 3.85. The highest BCUT2D eigenvalue weighted by molar-refractivity contribution is 5.94. The van der Waals surface area contributed by atoms with Crippen molar-refractivity contribution in [3.8, 4) is 5.88 Å². The lowest BCUT2D eigenvalue weighted by Crippen LogP contribution is -2.38. The topological polar surface area (TPSA) is 84.6 Å². The number of rotatable bonds is 7. The first-order chi connectivity index (χ1) is 15.9. The molecule has 2 aromatic heterocycles. The average Bonchev–Trinajstić information content (AvgIpc) is 3.13. The van der Waals surface area contributed by atoms with Crippen molar-refractivity contribution >= 4 is 23.6 Å². The molecule has 34 heavy (non-hydrogen) atoms. The number of fused-ring (bicyclic) bond motifs is 1. The highest BCUT2D eigenvalue weighted by atomic mass is 16.3. The van der Waals surface area contributed by atoms with Crippen LogP contribution in [0.2, 0.25) is 0 Å². The quantitative estimate of drug-likeness (QED) is 0.526. The normalized spacial score (nSPS) is 12.1. The van der Waals surface area contributed by atoms with Gasteiger partial charge in [0.25, 0.3) is 5.56 Å². The Morgan fingerprint density at radius 2 is 1.74 bits per heavy atom. The van der Waals surface area contributed by atoms with Gasteiger partial charge in [0, 0.05) is 38.8 Å². The van der Waals surface area contributed by atoms with Gasteiger partial charge < -0.3 is 15.1 Å². The van der Waals surface area contributed by atoms with Crippen molar-refractivity contribution in [1.29, 1.82) is 0 Å². The maximum absolute atomic E-state index is 12.6. The number of H-pyrrole nitrogens is 2. The third-order valence-corrected chi connectivity index (χ3v) is 5.98. The van der Waals surface area contributed by atoms with Gasteiger partial charge in [-0.15, -0.1) is 6.58 Å². The van der Waals surface area contributed by atoms with Crippen LogP contribution in [0.3, 0.4) is 0 Å². The second kappa shape index (κ2) is 9.72. The number of hydrogen-bond donors (Lipinski definition) is 2. The van der Waals surface area contributed by atoms with Crippen LogP contribution in [0.4, 0.5) is 0 Å². The molecule has 1 aromatic carbocycles. The monoisotopic (exact) mass is 456 g/mol. The summed E-state index contributed by atoms with van der Waals surface area (Å²) in [5.74, 6) is -0.538. The summed E-state index contributed by atoms with van der Waals surface area (Å²) in [5, 5.41) is 13.2. The smallest absolute Gasteiger partial charge is 0.274 e. The number of allylic oxidation sites excluding steroid dienone is 5. The van der Waals surface area contributed by atoms with Crippen LogP contribution in [0.25, 0.3) is 23.6 Å². The average molecular weight is 457 g/mol. The number of nitrogens with one attached hydrogen (secondary N) is 2. The van der Waals surface area contributed by atoms with E-state index in [1.54, 1.807) is 6.08 Å². The maximum Gasteiger partial charge on any atom is 0.274 e. The van der Waals surface area contributed by atoms with Crippen LogP contribution in [-0.4, -0.2) is 15.0 Å². The Kier molecular flexibility index (Phi) is 7.15. The van der Waals surface area contributed by atoms with Crippen molar-refractivity contribution in [3.05, 3.63) is 91.5 Å². The summed E-state index contributed by atoms with van der Waals surface area (Å²) in [6.45, 7) is 20.1. The molecule has 5 heteroatoms. The SMILES string of the molecule is C=CC(C)(C)c1[nH]c2c(CC=C(C)C)cc(CC=C(C)C)cc2c1/C=c1/nc([O-])c(=C)[nH]c1=O. The second-order valence-corrected chi connectivity index (χ2v) is 9.87. The highest BCUT2D eigenvalue weighted by Gasteiger charge is 2.24. The third-order valence-electron chi connectivity index (χ3n) is 5.98. The molecule has 0 atom stereocenters. The fourth-order valence-electron chi connectivity index (χ4n) is 3.85. The minimum absolute atomic E-state index is 0.0132. The molecule has 0 fully saturated rings. The van der Waals surface area contributed by atoms with E-state index >= 15 is 0 Å². The minimum Gasteiger partial charge on any atom is -0.857 e. The van der Waals surface area contributed by atoms with E-state index in [1.165, 1.54) is 22.3 Å². The molecule has 0 aliphatic rings. The highest BCUT2D eigenvalue weighted by Crippen LogP contribution is 2.35. The van der Waals surface area contributed by atoms with Gasteiger partial charge in [0.15, 0.2) is 0 Å². The molecule has 0 spiro atoms. The number of nitrogens with zero attached hydrogens (tertiary/aromatic N) is 1. The summed E-state index contributed by atoms with van der Waals surface area (Å²) in [6.07, 6.45) is 9.60. The van der Waals surface area contributed by atoms with Crippen LogP contribution < -0.4 is 21.4 Å². The molecule has 0 radical (unpaired) electrons. The molecule has 2 heterocycles. The lowest BCUT2D eigenvalue weighted by Gasteiger charge is -2.19. The molecule has 0 unspecified atom stereocenters. The van der Waals surface area contributed by atoms with Crippen LogP contribution in [0.1, 0.15) is 63.9 Å². The molecular formula is C29H34N3O2-. The number of benzene rings is 1. The standard InChI is InChI=1S/C29H35N3O2/c1-9-29(7,8)26-23(16-24-28(34)30-19(6)27(33)31-24)22-15-20(12-10-17(2)3)14-21(25(22)32-26)13-11-18(4)5/h9-11,14-16,32H,1,6,12-13H2,2-5,7-8H3,(H,30,34)(H,31,33)/p-1/b24-16+. The molecule has 0 bridgehead atoms. The van der Waals surface area contributed by atoms with Gasteiger partial charge in [-0.3, -0.25) is 9.78 Å². The van der Waals surface area contributed by atoms with Crippen molar-refractivity contribution in [1.82, 2.24) is 15.0 Å². The van der Waals surface area contributed by atoms with Gasteiger partial charge in [-0.2, -0.15) is 0 Å². The Morgan fingerprint density at radius 1 is 1.09 bits per heavy atom. The molecule has 3 rings (SSSR count). The summed E-state index contributed by atoms with van der Waals surface area (Å²) < 4.78 is 0. The van der Waals surface area contributed by atoms with Crippen LogP contribution in [0, 0.1) is 0 Å². The number of aromatic amines is 2. The van der Waals surface area contributed by atoms with E-state index in [0.717, 1.165) is 35.0 Å². The molecular weight excluding hydrogens is 422 g/mol. The van der Waals surface area contributed by atoms with Gasteiger partial charge in [-0.25, -0.2) is 0 Å². The Balaban J connectivity index is 2.45. The molecule has 0 aliphatic heterocycles. The first-order valence-corrected chi connectivity index (χ1v) is 11.5. The Labute approximate surface area is 201 Å². The molecule has 0 amide bonds. The first-order valence-electron chi connectivity index (χ1n) is 11.5. The van der Waals surface area contributed by atoms with Crippen molar-refractivity contribution < 1.29 is 5.11 Å². The third kappa shape index (κ3) is 5.30. The van der Waals surface area contributed by atoms with Crippen LogP contribution >= 0.6 is 0 Å². The van der Waals surface area contributed by atoms with Crippen molar-refractivity contribution in [2.24, 2.45) is 0 Å². The molecule has 3 aromatic rings. The molecule has 0 saturated carbocycles. The zero-order valence-electron chi connectivity index (χ0n) is 21.1. The van der Waals surface area contributed by atoms with Gasteiger partial charge in [0.2, 0.25) is 0 Å². The Morgan fingerprint density at radius 3 is 2.35 bits per heavy atom. The Hall–Kier alpha value is -3.60. The Bertz CT molecular complexity index is 1470. The maximum atomic E-state index is 12.6. The number of hydrogen-bond acceptors (Lipinski definition) is 3. The van der Waals surface area contributed by atoms with Crippen molar-refractivity contribution in [3.63, 3.8) is 0 Å². The lowest BCUT2D eigenvalue weighted by molar-refractivity contribution is -0.277. The minimum atomic E-state index is -0.538. The summed E-state index contributed by atoms with van der Waals surface area (Å²) in [4.78, 5) is 22.7. The van der Waals surface area contributed by atoms with Crippen LogP contribution in [0.15, 0.2) is 52.9 Å². The molecule has 2 N–H and O–H groups in total. The molecule has 178 valence electrons. The van der Waals surface area contributed by atoms with E-state index in [9.17, 15) is 9.90 Å². The summed E-state index contributed by atoms with van der Waals surface area (Å²) >= 11 is 0. The zero-order valence-corrected chi connectivity index (χ0v) is 21.1. The largest absolute Gasteiger partial charge is 0.857 e. The van der Waals surface area contributed by atoms with Gasteiger partial charge in [0.1, 0.15) is 5.35 Å². The van der Waals surface area contributed by atoms with E-state index < -0.39 is 16.9 Å². The molecule has 0 saturated heterocycles. The molecule has 0 aliphatic carbocycles. The van der Waals surface area contributed by atoms with Gasteiger partial charge in [0.05, 0.1) is 0 Å². The fraction of sp³-hybridized carbons (Fsp3) is 0.310. The molecule has 5 nitrogen and oxygen atoms in total. The zero-order chi connectivity index (χ0) is 25.2. The van der Waals surface area contributed by atoms with E-state index in [4.69, 9.17) is 0 Å². The van der Waals surface area contributed by atoms with E-state index in [1.807, 2.05) is 6.08 Å². The van der Waals surface area contributed by atoms with Crippen LogP contribution in [-0.2, 0) is 18.3 Å². The van der Waals surface area contributed by atoms with Gasteiger partial charge in [-0.05, 0) is 63.8 Å². The van der Waals surface area contributed by atoms with E-state index in [-0.39, 0.29) is 10.7 Å². The van der Waals surface area contributed by atoms with Crippen molar-refractivity contribution in [2.45, 2.75) is 59.8 Å². The summed E-state index contributed by atoms with van der Waals surface area (Å²) in [6, 6.07) is 4.40. The van der Waals surface area contributed by atoms with Gasteiger partial charge in [-0.1, -0.05) is 55.9 Å².